The quantitative estimate of drug-likeness (QED) is 0.233. The molecule has 0 saturated heterocycles. The number of aromatic nitrogens is 3. The van der Waals surface area contributed by atoms with Crippen LogP contribution in [0.15, 0.2) is 48.5 Å². The molecule has 190 valence electrons. The van der Waals surface area contributed by atoms with Crippen LogP contribution in [0.1, 0.15) is 36.6 Å². The normalized spacial score (nSPS) is 12.3. The monoisotopic (exact) mass is 504 g/mol. The van der Waals surface area contributed by atoms with E-state index in [1.54, 1.807) is 11.3 Å². The van der Waals surface area contributed by atoms with Gasteiger partial charge in [0.15, 0.2) is 0 Å². The summed E-state index contributed by atoms with van der Waals surface area (Å²) in [4.78, 5) is 16.7. The highest BCUT2D eigenvalue weighted by atomic mass is 32.1. The molecule has 2 heterocycles. The Bertz CT molecular complexity index is 1250. The highest BCUT2D eigenvalue weighted by Crippen LogP contribution is 2.36. The van der Waals surface area contributed by atoms with E-state index in [0.29, 0.717) is 12.5 Å². The number of hydrogen-bond donors (Lipinski definition) is 3. The van der Waals surface area contributed by atoms with E-state index in [2.05, 4.69) is 66.9 Å². The Labute approximate surface area is 217 Å². The van der Waals surface area contributed by atoms with Crippen LogP contribution in [0.2, 0.25) is 0 Å². The highest BCUT2D eigenvalue weighted by molar-refractivity contribution is 7.21. The smallest absolute Gasteiger partial charge is 0.225 e. The summed E-state index contributed by atoms with van der Waals surface area (Å²) in [6.45, 7) is 6.59. The van der Waals surface area contributed by atoms with E-state index in [1.165, 1.54) is 11.1 Å². The molecule has 7 nitrogen and oxygen atoms in total. The van der Waals surface area contributed by atoms with Crippen LogP contribution in [-0.2, 0) is 13.1 Å². The van der Waals surface area contributed by atoms with E-state index < -0.39 is 0 Å². The minimum atomic E-state index is 0.200. The molecule has 1 unspecified atom stereocenters. The van der Waals surface area contributed by atoms with E-state index in [0.717, 1.165) is 58.2 Å². The Kier molecular flexibility index (Phi) is 8.85. The number of fused-ring (bicyclic) bond motifs is 1. The predicted octanol–water partition coefficient (Wildman–Crippen LogP) is 5.56. The second-order valence-electron chi connectivity index (χ2n) is 9.43. The van der Waals surface area contributed by atoms with E-state index in [9.17, 15) is 5.11 Å². The number of nitrogens with one attached hydrogen (secondary N) is 2. The SMILES string of the molecule is CCC(CO)CCNc1nc(NCc2cccc(CN(C)C)c2)nc(C)c1-c1nc2ccccc2s1. The number of aliphatic hydroxyl groups excluding tert-OH is 1. The van der Waals surface area contributed by atoms with Crippen molar-refractivity contribution in [3.05, 3.63) is 65.4 Å². The summed E-state index contributed by atoms with van der Waals surface area (Å²) in [5.74, 6) is 1.64. The van der Waals surface area contributed by atoms with Crippen LogP contribution in [0.25, 0.3) is 20.8 Å². The fourth-order valence-electron chi connectivity index (χ4n) is 4.22. The molecule has 0 aliphatic heterocycles. The van der Waals surface area contributed by atoms with Gasteiger partial charge in [-0.05, 0) is 56.6 Å². The molecule has 3 N–H and O–H groups in total. The van der Waals surface area contributed by atoms with Crippen LogP contribution in [0, 0.1) is 12.8 Å². The number of aryl methyl sites for hydroxylation is 1. The Morgan fingerprint density at radius 2 is 1.81 bits per heavy atom. The first kappa shape index (κ1) is 26.0. The topological polar surface area (TPSA) is 86.2 Å². The number of benzene rings is 2. The van der Waals surface area contributed by atoms with Crippen molar-refractivity contribution in [3.8, 4) is 10.6 Å². The minimum Gasteiger partial charge on any atom is -0.396 e. The Morgan fingerprint density at radius 1 is 1.00 bits per heavy atom. The summed E-state index contributed by atoms with van der Waals surface area (Å²) in [6.07, 6.45) is 1.82. The van der Waals surface area contributed by atoms with Gasteiger partial charge in [0, 0.05) is 26.2 Å². The number of rotatable bonds is 12. The molecule has 0 aliphatic carbocycles. The summed E-state index contributed by atoms with van der Waals surface area (Å²) in [5.41, 5.74) is 5.26. The van der Waals surface area contributed by atoms with Crippen LogP contribution < -0.4 is 10.6 Å². The molecule has 0 spiro atoms. The molecule has 0 radical (unpaired) electrons. The number of hydrogen-bond acceptors (Lipinski definition) is 8. The Morgan fingerprint density at radius 3 is 2.56 bits per heavy atom. The van der Waals surface area contributed by atoms with Crippen molar-refractivity contribution in [2.24, 2.45) is 5.92 Å². The summed E-state index contributed by atoms with van der Waals surface area (Å²) < 4.78 is 1.14. The number of thiazole rings is 1. The molecule has 0 amide bonds. The van der Waals surface area contributed by atoms with Crippen LogP contribution in [-0.4, -0.2) is 52.2 Å². The second kappa shape index (κ2) is 12.3. The zero-order chi connectivity index (χ0) is 25.5. The average Bonchev–Trinajstić information content (AvgIpc) is 3.28. The highest BCUT2D eigenvalue weighted by Gasteiger charge is 2.18. The number of nitrogens with zero attached hydrogens (tertiary/aromatic N) is 4. The number of aliphatic hydroxyl groups is 1. The van der Waals surface area contributed by atoms with Crippen LogP contribution >= 0.6 is 11.3 Å². The largest absolute Gasteiger partial charge is 0.396 e. The zero-order valence-electron chi connectivity index (χ0n) is 21.6. The third-order valence-electron chi connectivity index (χ3n) is 6.22. The number of anilines is 2. The summed E-state index contributed by atoms with van der Waals surface area (Å²) >= 11 is 1.65. The Hall–Kier alpha value is -3.07. The van der Waals surface area contributed by atoms with E-state index in [1.807, 2.05) is 25.1 Å². The van der Waals surface area contributed by atoms with Crippen LogP contribution in [0.5, 0.6) is 0 Å². The summed E-state index contributed by atoms with van der Waals surface area (Å²) in [6, 6.07) is 16.7. The maximum atomic E-state index is 9.60. The lowest BCUT2D eigenvalue weighted by molar-refractivity contribution is 0.217. The van der Waals surface area contributed by atoms with Gasteiger partial charge in [-0.1, -0.05) is 49.7 Å². The van der Waals surface area contributed by atoms with Gasteiger partial charge in [-0.15, -0.1) is 11.3 Å². The van der Waals surface area contributed by atoms with E-state index in [4.69, 9.17) is 15.0 Å². The van der Waals surface area contributed by atoms with Crippen molar-refractivity contribution in [2.45, 2.75) is 39.8 Å². The predicted molar refractivity (Wildman–Crippen MR) is 151 cm³/mol. The van der Waals surface area contributed by atoms with Gasteiger partial charge in [0.2, 0.25) is 5.95 Å². The third-order valence-corrected chi connectivity index (χ3v) is 7.27. The fraction of sp³-hybridized carbons (Fsp3) is 0.393. The van der Waals surface area contributed by atoms with E-state index in [-0.39, 0.29) is 12.5 Å². The maximum Gasteiger partial charge on any atom is 0.225 e. The lowest BCUT2D eigenvalue weighted by Crippen LogP contribution is -2.15. The first-order valence-electron chi connectivity index (χ1n) is 12.5. The van der Waals surface area contributed by atoms with Gasteiger partial charge in [-0.25, -0.2) is 9.97 Å². The Balaban J connectivity index is 1.60. The molecule has 0 fully saturated rings. The lowest BCUT2D eigenvalue weighted by atomic mass is 10.0. The van der Waals surface area contributed by atoms with Gasteiger partial charge >= 0.3 is 0 Å². The molecule has 0 aliphatic rings. The molecule has 0 saturated carbocycles. The van der Waals surface area contributed by atoms with Gasteiger partial charge in [-0.3, -0.25) is 0 Å². The minimum absolute atomic E-state index is 0.200. The molecule has 0 bridgehead atoms. The van der Waals surface area contributed by atoms with Crippen molar-refractivity contribution in [1.29, 1.82) is 0 Å². The number of para-hydroxylation sites is 1. The van der Waals surface area contributed by atoms with Crippen LogP contribution in [0.4, 0.5) is 11.8 Å². The van der Waals surface area contributed by atoms with Crippen molar-refractivity contribution in [3.63, 3.8) is 0 Å². The standard InChI is InChI=1S/C28H36N6OS/c1-5-20(18-35)13-14-29-26-25(27-32-23-11-6-7-12-24(23)36-27)19(2)31-28(33-26)30-16-21-9-8-10-22(15-21)17-34(3)4/h6-12,15,20,35H,5,13-14,16-18H2,1-4H3,(H2,29,30,31,33). The molecular formula is C28H36N6OS. The molecule has 4 rings (SSSR count). The molecule has 8 heteroatoms. The van der Waals surface area contributed by atoms with Crippen molar-refractivity contribution in [1.82, 2.24) is 19.9 Å². The average molecular weight is 505 g/mol. The van der Waals surface area contributed by atoms with Crippen molar-refractivity contribution < 1.29 is 5.11 Å². The molecule has 36 heavy (non-hydrogen) atoms. The fourth-order valence-corrected chi connectivity index (χ4v) is 5.28. The zero-order valence-corrected chi connectivity index (χ0v) is 22.4. The third kappa shape index (κ3) is 6.57. The van der Waals surface area contributed by atoms with Crippen molar-refractivity contribution >= 4 is 33.3 Å². The summed E-state index contributed by atoms with van der Waals surface area (Å²) in [7, 11) is 4.15. The maximum absolute atomic E-state index is 9.60. The first-order valence-corrected chi connectivity index (χ1v) is 13.3. The molecular weight excluding hydrogens is 468 g/mol. The first-order chi connectivity index (χ1) is 17.5. The van der Waals surface area contributed by atoms with Crippen molar-refractivity contribution in [2.75, 3.05) is 37.9 Å². The van der Waals surface area contributed by atoms with Gasteiger partial charge in [0.1, 0.15) is 10.8 Å². The second-order valence-corrected chi connectivity index (χ2v) is 10.5. The molecule has 2 aromatic carbocycles. The van der Waals surface area contributed by atoms with Crippen LogP contribution in [0.3, 0.4) is 0 Å². The molecule has 1 atom stereocenters. The lowest BCUT2D eigenvalue weighted by Gasteiger charge is -2.16. The van der Waals surface area contributed by atoms with E-state index >= 15 is 0 Å². The molecule has 2 aromatic heterocycles. The van der Waals surface area contributed by atoms with Gasteiger partial charge in [-0.2, -0.15) is 4.98 Å². The molecule has 4 aromatic rings. The van der Waals surface area contributed by atoms with Gasteiger partial charge in [0.25, 0.3) is 0 Å². The van der Waals surface area contributed by atoms with Gasteiger partial charge < -0.3 is 20.6 Å². The van der Waals surface area contributed by atoms with Gasteiger partial charge in [0.05, 0.1) is 21.5 Å². The summed E-state index contributed by atoms with van der Waals surface area (Å²) in [5, 5.41) is 17.4.